The number of pyridine rings is 1. The van der Waals surface area contributed by atoms with Gasteiger partial charge in [-0.25, -0.2) is 9.97 Å². The van der Waals surface area contributed by atoms with Crippen molar-refractivity contribution < 1.29 is 9.52 Å². The van der Waals surface area contributed by atoms with E-state index in [1.165, 1.54) is 0 Å². The Bertz CT molecular complexity index is 1120. The zero-order valence-electron chi connectivity index (χ0n) is 15.8. The van der Waals surface area contributed by atoms with Gasteiger partial charge < -0.3 is 9.52 Å². The third kappa shape index (κ3) is 3.33. The Labute approximate surface area is 156 Å². The van der Waals surface area contributed by atoms with Crippen molar-refractivity contribution in [1.29, 1.82) is 0 Å². The van der Waals surface area contributed by atoms with Crippen LogP contribution in [0.4, 0.5) is 0 Å². The number of fused-ring (bicyclic) bond motifs is 1. The Morgan fingerprint density at radius 2 is 1.89 bits per heavy atom. The molecule has 0 saturated carbocycles. The highest BCUT2D eigenvalue weighted by Gasteiger charge is 2.19. The molecule has 0 bridgehead atoms. The first-order chi connectivity index (χ1) is 12.8. The van der Waals surface area contributed by atoms with Gasteiger partial charge in [-0.2, -0.15) is 9.61 Å². The number of aliphatic hydroxyl groups is 1. The minimum atomic E-state index is -0.986. The molecule has 0 saturated heterocycles. The molecule has 1 N–H and O–H groups in total. The maximum atomic E-state index is 10.2. The topological polar surface area (TPSA) is 89.3 Å². The van der Waals surface area contributed by atoms with E-state index in [1.54, 1.807) is 24.6 Å². The number of rotatable bonds is 4. The minimum Gasteiger partial charge on any atom is -0.458 e. The van der Waals surface area contributed by atoms with Crippen LogP contribution in [0.5, 0.6) is 0 Å². The van der Waals surface area contributed by atoms with Gasteiger partial charge >= 0.3 is 0 Å². The normalized spacial score (nSPS) is 12.0. The van der Waals surface area contributed by atoms with E-state index in [4.69, 9.17) is 4.42 Å². The first-order valence-corrected chi connectivity index (χ1v) is 8.78. The monoisotopic (exact) mass is 363 g/mol. The van der Waals surface area contributed by atoms with Crippen LogP contribution in [0.3, 0.4) is 0 Å². The lowest BCUT2D eigenvalue weighted by Crippen LogP contribution is -2.18. The summed E-state index contributed by atoms with van der Waals surface area (Å²) in [5.74, 6) is 2.73. The predicted octanol–water partition coefficient (Wildman–Crippen LogP) is 3.21. The molecule has 0 amide bonds. The van der Waals surface area contributed by atoms with Crippen LogP contribution >= 0.6 is 0 Å². The van der Waals surface area contributed by atoms with Gasteiger partial charge in [0.05, 0.1) is 11.9 Å². The summed E-state index contributed by atoms with van der Waals surface area (Å²) >= 11 is 0. The first kappa shape index (κ1) is 17.4. The molecule has 4 aromatic heterocycles. The Hall–Kier alpha value is -3.06. The van der Waals surface area contributed by atoms with Gasteiger partial charge in [-0.3, -0.25) is 4.98 Å². The summed E-state index contributed by atoms with van der Waals surface area (Å²) < 4.78 is 7.42. The van der Waals surface area contributed by atoms with E-state index in [1.807, 2.05) is 44.2 Å². The fraction of sp³-hybridized carbons (Fsp3) is 0.300. The van der Waals surface area contributed by atoms with Crippen molar-refractivity contribution in [2.75, 3.05) is 0 Å². The Balaban J connectivity index is 1.77. The van der Waals surface area contributed by atoms with E-state index in [0.717, 1.165) is 22.7 Å². The molecule has 0 aliphatic heterocycles. The summed E-state index contributed by atoms with van der Waals surface area (Å²) in [6.45, 7) is 7.19. The van der Waals surface area contributed by atoms with Gasteiger partial charge in [0.1, 0.15) is 17.2 Å². The second-order valence-corrected chi connectivity index (χ2v) is 7.16. The molecule has 4 heterocycles. The lowest BCUT2D eigenvalue weighted by atomic mass is 10.0. The molecular formula is C20H21N5O2. The molecule has 27 heavy (non-hydrogen) atoms. The molecule has 4 aromatic rings. The van der Waals surface area contributed by atoms with Crippen molar-refractivity contribution in [2.45, 2.75) is 39.7 Å². The fourth-order valence-electron chi connectivity index (χ4n) is 2.98. The number of hydrogen-bond acceptors (Lipinski definition) is 6. The highest BCUT2D eigenvalue weighted by atomic mass is 16.3. The molecule has 4 rings (SSSR count). The maximum absolute atomic E-state index is 10.2. The van der Waals surface area contributed by atoms with Gasteiger partial charge in [-0.15, -0.1) is 0 Å². The number of hydrogen-bond donors (Lipinski definition) is 1. The molecule has 0 aromatic carbocycles. The molecule has 0 atom stereocenters. The maximum Gasteiger partial charge on any atom is 0.200 e. The number of nitrogens with zero attached hydrogens (tertiary/aromatic N) is 5. The van der Waals surface area contributed by atoms with Gasteiger partial charge in [0, 0.05) is 17.7 Å². The summed E-state index contributed by atoms with van der Waals surface area (Å²) in [4.78, 5) is 13.6. The number of aryl methyl sites for hydroxylation is 2. The van der Waals surface area contributed by atoms with E-state index >= 15 is 0 Å². The smallest absolute Gasteiger partial charge is 0.200 e. The second-order valence-electron chi connectivity index (χ2n) is 7.16. The molecule has 138 valence electrons. The molecule has 7 nitrogen and oxygen atoms in total. The average Bonchev–Trinajstić information content (AvgIpc) is 3.21. The van der Waals surface area contributed by atoms with E-state index in [2.05, 4.69) is 20.1 Å². The van der Waals surface area contributed by atoms with Gasteiger partial charge in [-0.1, -0.05) is 6.07 Å². The third-order valence-electron chi connectivity index (χ3n) is 4.32. The van der Waals surface area contributed by atoms with E-state index in [9.17, 15) is 5.11 Å². The zero-order chi connectivity index (χ0) is 19.2. The van der Waals surface area contributed by atoms with Crippen molar-refractivity contribution >= 4 is 5.65 Å². The second kappa shape index (κ2) is 6.28. The Kier molecular flexibility index (Phi) is 4.04. The molecular weight excluding hydrogens is 342 g/mol. The standard InChI is InChI=1S/C20H21N5O2/c1-12-8-9-16(27-12)19-23-13(2)22-18-14(11-21-25(18)19)10-15-6-5-7-17(24-15)20(3,4)26/h5-9,11,26H,10H2,1-4H3. The molecule has 0 radical (unpaired) electrons. The van der Waals surface area contributed by atoms with E-state index in [0.29, 0.717) is 29.5 Å². The quantitative estimate of drug-likeness (QED) is 0.599. The predicted molar refractivity (Wildman–Crippen MR) is 100 cm³/mol. The molecule has 0 unspecified atom stereocenters. The van der Waals surface area contributed by atoms with Crippen molar-refractivity contribution in [1.82, 2.24) is 24.6 Å². The van der Waals surface area contributed by atoms with E-state index in [-0.39, 0.29) is 0 Å². The lowest BCUT2D eigenvalue weighted by molar-refractivity contribution is 0.0736. The largest absolute Gasteiger partial charge is 0.458 e. The van der Waals surface area contributed by atoms with Crippen molar-refractivity contribution in [3.8, 4) is 11.6 Å². The van der Waals surface area contributed by atoms with Crippen LogP contribution in [0.1, 0.15) is 42.4 Å². The third-order valence-corrected chi connectivity index (χ3v) is 4.32. The van der Waals surface area contributed by atoms with Gasteiger partial charge in [-0.05, 0) is 52.0 Å². The van der Waals surface area contributed by atoms with Gasteiger partial charge in [0.15, 0.2) is 11.4 Å². The van der Waals surface area contributed by atoms with Gasteiger partial charge in [0.2, 0.25) is 5.82 Å². The van der Waals surface area contributed by atoms with Crippen LogP contribution in [0.25, 0.3) is 17.2 Å². The zero-order valence-corrected chi connectivity index (χ0v) is 15.8. The number of aromatic nitrogens is 5. The summed E-state index contributed by atoms with van der Waals surface area (Å²) in [5.41, 5.74) is 2.15. The highest BCUT2D eigenvalue weighted by molar-refractivity contribution is 5.57. The number of furan rings is 1. The lowest BCUT2D eigenvalue weighted by Gasteiger charge is -2.17. The minimum absolute atomic E-state index is 0.556. The van der Waals surface area contributed by atoms with Crippen molar-refractivity contribution in [3.63, 3.8) is 0 Å². The molecule has 0 aliphatic rings. The van der Waals surface area contributed by atoms with Crippen LogP contribution in [-0.2, 0) is 12.0 Å². The van der Waals surface area contributed by atoms with Crippen LogP contribution in [-0.4, -0.2) is 29.7 Å². The van der Waals surface area contributed by atoms with Crippen LogP contribution in [0, 0.1) is 13.8 Å². The van der Waals surface area contributed by atoms with Crippen LogP contribution < -0.4 is 0 Å². The van der Waals surface area contributed by atoms with E-state index < -0.39 is 5.60 Å². The molecule has 7 heteroatoms. The Morgan fingerprint density at radius 1 is 1.07 bits per heavy atom. The molecule has 0 aliphatic carbocycles. The Morgan fingerprint density at radius 3 is 2.59 bits per heavy atom. The summed E-state index contributed by atoms with van der Waals surface area (Å²) in [7, 11) is 0. The van der Waals surface area contributed by atoms with Crippen molar-refractivity contribution in [3.05, 3.63) is 65.1 Å². The fourth-order valence-corrected chi connectivity index (χ4v) is 2.98. The van der Waals surface area contributed by atoms with Gasteiger partial charge in [0.25, 0.3) is 0 Å². The van der Waals surface area contributed by atoms with Crippen LogP contribution in [0.2, 0.25) is 0 Å². The highest BCUT2D eigenvalue weighted by Crippen LogP contribution is 2.23. The molecule has 0 fully saturated rings. The average molecular weight is 363 g/mol. The van der Waals surface area contributed by atoms with Crippen molar-refractivity contribution in [2.24, 2.45) is 0 Å². The SMILES string of the molecule is Cc1nc(-c2ccc(C)o2)n2ncc(Cc3cccc(C(C)(C)O)n3)c2n1. The summed E-state index contributed by atoms with van der Waals surface area (Å²) in [6, 6.07) is 9.44. The van der Waals surface area contributed by atoms with Crippen LogP contribution in [0.15, 0.2) is 40.9 Å². The summed E-state index contributed by atoms with van der Waals surface area (Å²) in [5, 5.41) is 14.7. The summed E-state index contributed by atoms with van der Waals surface area (Å²) in [6.07, 6.45) is 2.34. The molecule has 0 spiro atoms. The first-order valence-electron chi connectivity index (χ1n) is 8.78.